The van der Waals surface area contributed by atoms with Gasteiger partial charge in [0.25, 0.3) is 0 Å². The average Bonchev–Trinajstić information content (AvgIpc) is 2.46. The number of halogens is 3. The highest BCUT2D eigenvalue weighted by atomic mass is 19.4. The first-order valence-electron chi connectivity index (χ1n) is 6.71. The number of carbonyl (C=O) groups is 2. The Balaban J connectivity index is 2.00. The van der Waals surface area contributed by atoms with Crippen molar-refractivity contribution in [3.8, 4) is 5.75 Å². The van der Waals surface area contributed by atoms with E-state index in [1.54, 1.807) is 0 Å². The first kappa shape index (κ1) is 17.1. The summed E-state index contributed by atoms with van der Waals surface area (Å²) < 4.78 is 45.3. The first-order chi connectivity index (χ1) is 10.7. The van der Waals surface area contributed by atoms with Crippen LogP contribution in [-0.4, -0.2) is 54.0 Å². The van der Waals surface area contributed by atoms with Gasteiger partial charge in [0.1, 0.15) is 5.75 Å². The van der Waals surface area contributed by atoms with E-state index in [1.165, 1.54) is 17.0 Å². The van der Waals surface area contributed by atoms with Crippen molar-refractivity contribution >= 4 is 11.9 Å². The van der Waals surface area contributed by atoms with E-state index in [0.717, 1.165) is 12.1 Å². The molecule has 2 rings (SSSR count). The fourth-order valence-corrected chi connectivity index (χ4v) is 2.16. The average molecular weight is 333 g/mol. The lowest BCUT2D eigenvalue weighted by Gasteiger charge is -2.31. The minimum absolute atomic E-state index is 0.0904. The van der Waals surface area contributed by atoms with E-state index in [4.69, 9.17) is 9.84 Å². The highest BCUT2D eigenvalue weighted by molar-refractivity contribution is 5.80. The van der Waals surface area contributed by atoms with Crippen LogP contribution in [0.25, 0.3) is 0 Å². The molecule has 1 heterocycles. The van der Waals surface area contributed by atoms with Crippen molar-refractivity contribution < 1.29 is 37.3 Å². The number of carbonyl (C=O) groups excluding carboxylic acids is 1. The van der Waals surface area contributed by atoms with E-state index < -0.39 is 24.2 Å². The lowest BCUT2D eigenvalue weighted by molar-refractivity contribution is -0.274. The minimum Gasteiger partial charge on any atom is -0.479 e. The Hall–Kier alpha value is -2.29. The van der Waals surface area contributed by atoms with Crippen molar-refractivity contribution in [3.05, 3.63) is 29.8 Å². The molecule has 0 aliphatic carbocycles. The Bertz CT molecular complexity index is 590. The number of aliphatic carboxylic acids is 1. The van der Waals surface area contributed by atoms with Gasteiger partial charge in [-0.2, -0.15) is 0 Å². The maximum Gasteiger partial charge on any atom is 0.573 e. The van der Waals surface area contributed by atoms with Crippen molar-refractivity contribution in [1.82, 2.24) is 4.90 Å². The van der Waals surface area contributed by atoms with Crippen molar-refractivity contribution in [3.63, 3.8) is 0 Å². The Kier molecular flexibility index (Phi) is 5.09. The topological polar surface area (TPSA) is 76.1 Å². The number of carboxylic acid groups (broad SMARTS) is 1. The molecule has 1 aromatic carbocycles. The van der Waals surface area contributed by atoms with Crippen LogP contribution in [0.3, 0.4) is 0 Å². The number of carboxylic acids is 1. The predicted molar refractivity (Wildman–Crippen MR) is 70.8 cm³/mol. The van der Waals surface area contributed by atoms with E-state index in [2.05, 4.69) is 4.74 Å². The zero-order valence-corrected chi connectivity index (χ0v) is 11.9. The predicted octanol–water partition coefficient (Wildman–Crippen LogP) is 1.44. The lowest BCUT2D eigenvalue weighted by atomic mass is 10.1. The third-order valence-corrected chi connectivity index (χ3v) is 3.18. The van der Waals surface area contributed by atoms with Crippen LogP contribution in [0.15, 0.2) is 24.3 Å². The van der Waals surface area contributed by atoms with Crippen molar-refractivity contribution in [1.29, 1.82) is 0 Å². The Morgan fingerprint density at radius 2 is 2.13 bits per heavy atom. The maximum atomic E-state index is 12.2. The molecule has 0 radical (unpaired) electrons. The second-order valence-electron chi connectivity index (χ2n) is 4.91. The van der Waals surface area contributed by atoms with Gasteiger partial charge in [0, 0.05) is 6.54 Å². The summed E-state index contributed by atoms with van der Waals surface area (Å²) >= 11 is 0. The van der Waals surface area contributed by atoms with Crippen LogP contribution in [0.1, 0.15) is 5.56 Å². The molecule has 0 spiro atoms. The molecule has 1 N–H and O–H groups in total. The number of amides is 1. The highest BCUT2D eigenvalue weighted by Crippen LogP contribution is 2.23. The summed E-state index contributed by atoms with van der Waals surface area (Å²) in [6.07, 6.45) is -6.05. The molecule has 1 fully saturated rings. The van der Waals surface area contributed by atoms with Crippen LogP contribution < -0.4 is 4.74 Å². The molecular weight excluding hydrogens is 319 g/mol. The molecule has 126 valence electrons. The number of nitrogens with zero attached hydrogens (tertiary/aromatic N) is 1. The van der Waals surface area contributed by atoms with Crippen LogP contribution in [0.5, 0.6) is 5.75 Å². The first-order valence-corrected chi connectivity index (χ1v) is 6.71. The monoisotopic (exact) mass is 333 g/mol. The second-order valence-corrected chi connectivity index (χ2v) is 4.91. The Morgan fingerprint density at radius 3 is 2.78 bits per heavy atom. The molecule has 1 amide bonds. The van der Waals surface area contributed by atoms with Gasteiger partial charge in [0.2, 0.25) is 5.91 Å². The van der Waals surface area contributed by atoms with Crippen molar-refractivity contribution in [2.24, 2.45) is 0 Å². The molecule has 0 saturated carbocycles. The van der Waals surface area contributed by atoms with E-state index in [-0.39, 0.29) is 32.0 Å². The largest absolute Gasteiger partial charge is 0.573 e. The molecule has 1 aromatic rings. The molecule has 9 heteroatoms. The summed E-state index contributed by atoms with van der Waals surface area (Å²) in [5.74, 6) is -1.96. The number of morpholine rings is 1. The number of alkyl halides is 3. The second kappa shape index (κ2) is 6.86. The number of ether oxygens (including phenoxy) is 2. The molecule has 0 bridgehead atoms. The molecule has 1 saturated heterocycles. The molecule has 1 aliphatic heterocycles. The zero-order valence-electron chi connectivity index (χ0n) is 11.9. The molecule has 23 heavy (non-hydrogen) atoms. The van der Waals surface area contributed by atoms with Gasteiger partial charge in [-0.15, -0.1) is 13.2 Å². The molecular formula is C14H14F3NO5. The standard InChI is InChI=1S/C14H14F3NO5/c15-14(16,17)23-10-3-1-2-9(6-10)7-12(19)18-4-5-22-11(8-18)13(20)21/h1-3,6,11H,4-5,7-8H2,(H,20,21). The smallest absolute Gasteiger partial charge is 0.479 e. The Morgan fingerprint density at radius 1 is 1.39 bits per heavy atom. The van der Waals surface area contributed by atoms with Crippen molar-refractivity contribution in [2.75, 3.05) is 19.7 Å². The molecule has 1 unspecified atom stereocenters. The van der Waals surface area contributed by atoms with Gasteiger partial charge in [-0.25, -0.2) is 4.79 Å². The normalized spacial score (nSPS) is 18.6. The van der Waals surface area contributed by atoms with Crippen LogP contribution in [0.2, 0.25) is 0 Å². The maximum absolute atomic E-state index is 12.2. The highest BCUT2D eigenvalue weighted by Gasteiger charge is 2.31. The molecule has 1 aliphatic rings. The third kappa shape index (κ3) is 5.13. The van der Waals surface area contributed by atoms with Gasteiger partial charge in [-0.05, 0) is 17.7 Å². The van der Waals surface area contributed by atoms with Crippen molar-refractivity contribution in [2.45, 2.75) is 18.9 Å². The number of rotatable bonds is 4. The molecule has 0 aromatic heterocycles. The number of hydrogen-bond donors (Lipinski definition) is 1. The lowest BCUT2D eigenvalue weighted by Crippen LogP contribution is -2.49. The van der Waals surface area contributed by atoms with Crippen LogP contribution in [0.4, 0.5) is 13.2 Å². The molecule has 6 nitrogen and oxygen atoms in total. The minimum atomic E-state index is -4.80. The quantitative estimate of drug-likeness (QED) is 0.902. The van der Waals surface area contributed by atoms with Crippen LogP contribution in [-0.2, 0) is 20.7 Å². The van der Waals surface area contributed by atoms with E-state index >= 15 is 0 Å². The van der Waals surface area contributed by atoms with Gasteiger partial charge in [-0.1, -0.05) is 12.1 Å². The van der Waals surface area contributed by atoms with Crippen LogP contribution in [0, 0.1) is 0 Å². The fraction of sp³-hybridized carbons (Fsp3) is 0.429. The summed E-state index contributed by atoms with van der Waals surface area (Å²) in [6, 6.07) is 5.11. The van der Waals surface area contributed by atoms with Gasteiger partial charge in [0.05, 0.1) is 19.6 Å². The van der Waals surface area contributed by atoms with Gasteiger partial charge < -0.3 is 19.5 Å². The van der Waals surface area contributed by atoms with E-state index in [0.29, 0.717) is 5.56 Å². The van der Waals surface area contributed by atoms with Gasteiger partial charge in [0.15, 0.2) is 6.10 Å². The SMILES string of the molecule is O=C(O)C1CN(C(=O)Cc2cccc(OC(F)(F)F)c2)CCO1. The fourth-order valence-electron chi connectivity index (χ4n) is 2.16. The number of benzene rings is 1. The van der Waals surface area contributed by atoms with E-state index in [9.17, 15) is 22.8 Å². The number of hydrogen-bond acceptors (Lipinski definition) is 4. The zero-order chi connectivity index (χ0) is 17.0. The van der Waals surface area contributed by atoms with Crippen LogP contribution >= 0.6 is 0 Å². The summed E-state index contributed by atoms with van der Waals surface area (Å²) in [5, 5.41) is 8.89. The Labute approximate surface area is 129 Å². The summed E-state index contributed by atoms with van der Waals surface area (Å²) in [4.78, 5) is 24.3. The van der Waals surface area contributed by atoms with Gasteiger partial charge in [-0.3, -0.25) is 4.79 Å². The summed E-state index contributed by atoms with van der Waals surface area (Å²) in [5.41, 5.74) is 0.343. The summed E-state index contributed by atoms with van der Waals surface area (Å²) in [7, 11) is 0. The third-order valence-electron chi connectivity index (χ3n) is 3.18. The summed E-state index contributed by atoms with van der Waals surface area (Å²) in [6.45, 7) is 0.244. The molecule has 1 atom stereocenters. The van der Waals surface area contributed by atoms with E-state index in [1.807, 2.05) is 0 Å². The van der Waals surface area contributed by atoms with Gasteiger partial charge >= 0.3 is 12.3 Å².